The molecular weight excluding hydrogens is 260 g/mol. The number of allylic oxidation sites excluding steroid dienone is 1. The van der Waals surface area contributed by atoms with E-state index in [0.29, 0.717) is 28.0 Å². The Morgan fingerprint density at radius 3 is 2.60 bits per heavy atom. The number of rotatable bonds is 4. The molecule has 20 heavy (non-hydrogen) atoms. The molecule has 0 unspecified atom stereocenters. The highest BCUT2D eigenvalue weighted by atomic mass is 16.5. The van der Waals surface area contributed by atoms with Gasteiger partial charge >= 0.3 is 5.63 Å². The lowest BCUT2D eigenvalue weighted by Gasteiger charge is -2.12. The second kappa shape index (κ2) is 5.61. The fourth-order valence-corrected chi connectivity index (χ4v) is 1.93. The summed E-state index contributed by atoms with van der Waals surface area (Å²) in [6.45, 7) is 1.45. The quantitative estimate of drug-likeness (QED) is 0.632. The number of methoxy groups -OCH3 is 2. The molecule has 5 heteroatoms. The molecule has 0 spiro atoms. The minimum absolute atomic E-state index is 0.0891. The van der Waals surface area contributed by atoms with Gasteiger partial charge < -0.3 is 13.9 Å². The summed E-state index contributed by atoms with van der Waals surface area (Å²) in [4.78, 5) is 22.4. The number of ketones is 1. The third kappa shape index (κ3) is 2.56. The van der Waals surface area contributed by atoms with Gasteiger partial charge in [-0.05, 0) is 25.1 Å². The van der Waals surface area contributed by atoms with Crippen LogP contribution < -0.4 is 15.1 Å². The van der Waals surface area contributed by atoms with Crippen molar-refractivity contribution in [1.82, 2.24) is 0 Å². The summed E-state index contributed by atoms with van der Waals surface area (Å²) in [5, 5.41) is 0.635. The lowest BCUT2D eigenvalue weighted by Crippen LogP contribution is -1.99. The fraction of sp³-hybridized carbons (Fsp3) is 0.200. The van der Waals surface area contributed by atoms with E-state index in [1.165, 1.54) is 33.3 Å². The summed E-state index contributed by atoms with van der Waals surface area (Å²) < 4.78 is 15.8. The van der Waals surface area contributed by atoms with Gasteiger partial charge in [0.05, 0.1) is 25.2 Å². The Morgan fingerprint density at radius 1 is 1.25 bits per heavy atom. The van der Waals surface area contributed by atoms with Crippen molar-refractivity contribution in [2.24, 2.45) is 0 Å². The van der Waals surface area contributed by atoms with Crippen LogP contribution in [0.1, 0.15) is 12.5 Å². The minimum Gasteiger partial charge on any atom is -0.496 e. The molecule has 0 fully saturated rings. The zero-order chi connectivity index (χ0) is 14.7. The predicted octanol–water partition coefficient (Wildman–Crippen LogP) is 2.41. The van der Waals surface area contributed by atoms with Gasteiger partial charge in [-0.3, -0.25) is 4.79 Å². The summed E-state index contributed by atoms with van der Waals surface area (Å²) in [5.41, 5.74) is 0.534. The summed E-state index contributed by atoms with van der Waals surface area (Å²) >= 11 is 0. The second-order valence-electron chi connectivity index (χ2n) is 4.14. The van der Waals surface area contributed by atoms with E-state index in [-0.39, 0.29) is 5.78 Å². The Balaban J connectivity index is 2.80. The van der Waals surface area contributed by atoms with Gasteiger partial charge in [-0.15, -0.1) is 0 Å². The highest BCUT2D eigenvalue weighted by Crippen LogP contribution is 2.37. The van der Waals surface area contributed by atoms with Gasteiger partial charge in [0.2, 0.25) is 0 Å². The van der Waals surface area contributed by atoms with Crippen LogP contribution in [0.3, 0.4) is 0 Å². The van der Waals surface area contributed by atoms with Gasteiger partial charge in [-0.2, -0.15) is 0 Å². The van der Waals surface area contributed by atoms with Crippen LogP contribution >= 0.6 is 0 Å². The average molecular weight is 274 g/mol. The first-order valence-corrected chi connectivity index (χ1v) is 5.94. The number of ether oxygens (including phenoxy) is 2. The zero-order valence-corrected chi connectivity index (χ0v) is 11.4. The lowest BCUT2D eigenvalue weighted by atomic mass is 10.1. The van der Waals surface area contributed by atoms with Crippen molar-refractivity contribution in [2.45, 2.75) is 6.92 Å². The molecule has 0 amide bonds. The summed E-state index contributed by atoms with van der Waals surface area (Å²) in [7, 11) is 3.00. The maximum Gasteiger partial charge on any atom is 0.336 e. The molecule has 104 valence electrons. The monoisotopic (exact) mass is 274 g/mol. The standard InChI is InChI=1S/C15H14O5/c1-9(16)4-5-10-12(18-2)8-13-11(15(10)19-3)6-7-14(17)20-13/h4-8H,1-3H3/b5-4+. The first kappa shape index (κ1) is 13.9. The van der Waals surface area contributed by atoms with Gasteiger partial charge in [-0.25, -0.2) is 4.79 Å². The Kier molecular flexibility index (Phi) is 3.89. The minimum atomic E-state index is -0.450. The van der Waals surface area contributed by atoms with E-state index in [0.717, 1.165) is 0 Å². The van der Waals surface area contributed by atoms with Crippen molar-refractivity contribution in [2.75, 3.05) is 14.2 Å². The van der Waals surface area contributed by atoms with E-state index in [1.807, 2.05) is 0 Å². The molecular formula is C15H14O5. The molecule has 5 nitrogen and oxygen atoms in total. The second-order valence-corrected chi connectivity index (χ2v) is 4.14. The first-order chi connectivity index (χ1) is 9.56. The Hall–Kier alpha value is -2.56. The lowest BCUT2D eigenvalue weighted by molar-refractivity contribution is -0.112. The van der Waals surface area contributed by atoms with Crippen molar-refractivity contribution in [3.05, 3.63) is 40.3 Å². The van der Waals surface area contributed by atoms with E-state index in [9.17, 15) is 9.59 Å². The molecule has 0 N–H and O–H groups in total. The SMILES string of the molecule is COc1cc2oc(=O)ccc2c(OC)c1/C=C/C(C)=O. The van der Waals surface area contributed by atoms with Crippen molar-refractivity contribution in [3.8, 4) is 11.5 Å². The van der Waals surface area contributed by atoms with Gasteiger partial charge in [0.25, 0.3) is 0 Å². The molecule has 0 saturated heterocycles. The van der Waals surface area contributed by atoms with E-state index in [4.69, 9.17) is 13.9 Å². The molecule has 2 aromatic rings. The number of hydrogen-bond donors (Lipinski definition) is 0. The Labute approximate surface area is 115 Å². The highest BCUT2D eigenvalue weighted by Gasteiger charge is 2.14. The summed E-state index contributed by atoms with van der Waals surface area (Å²) in [6, 6.07) is 4.53. The van der Waals surface area contributed by atoms with Gasteiger partial charge in [0, 0.05) is 12.1 Å². The number of hydrogen-bond acceptors (Lipinski definition) is 5. The van der Waals surface area contributed by atoms with Crippen LogP contribution in [0, 0.1) is 0 Å². The largest absolute Gasteiger partial charge is 0.496 e. The molecule has 2 rings (SSSR count). The molecule has 0 aliphatic heterocycles. The molecule has 0 atom stereocenters. The highest BCUT2D eigenvalue weighted by molar-refractivity contribution is 5.96. The first-order valence-electron chi connectivity index (χ1n) is 5.94. The third-order valence-electron chi connectivity index (χ3n) is 2.79. The Morgan fingerprint density at radius 2 is 2.00 bits per heavy atom. The number of carbonyl (C=O) groups is 1. The van der Waals surface area contributed by atoms with Crippen molar-refractivity contribution in [3.63, 3.8) is 0 Å². The van der Waals surface area contributed by atoms with Crippen LogP contribution in [-0.2, 0) is 4.79 Å². The topological polar surface area (TPSA) is 65.7 Å². The van der Waals surface area contributed by atoms with Crippen LogP contribution in [0.5, 0.6) is 11.5 Å². The van der Waals surface area contributed by atoms with Crippen molar-refractivity contribution >= 4 is 22.8 Å². The molecule has 0 saturated carbocycles. The van der Waals surface area contributed by atoms with Crippen LogP contribution in [0.25, 0.3) is 17.0 Å². The van der Waals surface area contributed by atoms with E-state index in [1.54, 1.807) is 18.2 Å². The third-order valence-corrected chi connectivity index (χ3v) is 2.79. The predicted molar refractivity (Wildman–Crippen MR) is 75.3 cm³/mol. The molecule has 1 aromatic carbocycles. The van der Waals surface area contributed by atoms with Gasteiger partial charge in [0.1, 0.15) is 17.1 Å². The van der Waals surface area contributed by atoms with E-state index >= 15 is 0 Å². The molecule has 0 bridgehead atoms. The van der Waals surface area contributed by atoms with E-state index < -0.39 is 5.63 Å². The number of carbonyl (C=O) groups excluding carboxylic acids is 1. The number of benzene rings is 1. The smallest absolute Gasteiger partial charge is 0.336 e. The van der Waals surface area contributed by atoms with E-state index in [2.05, 4.69) is 0 Å². The Bertz CT molecular complexity index is 740. The van der Waals surface area contributed by atoms with Crippen LogP contribution in [-0.4, -0.2) is 20.0 Å². The van der Waals surface area contributed by atoms with Crippen LogP contribution in [0.2, 0.25) is 0 Å². The average Bonchev–Trinajstić information content (AvgIpc) is 2.43. The zero-order valence-electron chi connectivity index (χ0n) is 11.4. The van der Waals surface area contributed by atoms with Gasteiger partial charge in [-0.1, -0.05) is 0 Å². The molecule has 0 aliphatic rings. The van der Waals surface area contributed by atoms with Crippen LogP contribution in [0.15, 0.2) is 33.5 Å². The van der Waals surface area contributed by atoms with Crippen molar-refractivity contribution in [1.29, 1.82) is 0 Å². The maximum absolute atomic E-state index is 11.3. The summed E-state index contributed by atoms with van der Waals surface area (Å²) in [5.74, 6) is 0.857. The molecule has 1 heterocycles. The number of fused-ring (bicyclic) bond motifs is 1. The fourth-order valence-electron chi connectivity index (χ4n) is 1.93. The molecule has 1 aromatic heterocycles. The summed E-state index contributed by atoms with van der Waals surface area (Å²) in [6.07, 6.45) is 3.04. The normalized spacial score (nSPS) is 10.9. The molecule has 0 radical (unpaired) electrons. The maximum atomic E-state index is 11.3. The van der Waals surface area contributed by atoms with Gasteiger partial charge in [0.15, 0.2) is 5.78 Å². The van der Waals surface area contributed by atoms with Crippen molar-refractivity contribution < 1.29 is 18.7 Å². The van der Waals surface area contributed by atoms with Crippen LogP contribution in [0.4, 0.5) is 0 Å². The molecule has 0 aliphatic carbocycles.